The number of hydrogen-bond donors (Lipinski definition) is 1. The Morgan fingerprint density at radius 3 is 1.96 bits per heavy atom. The van der Waals surface area contributed by atoms with Crippen LogP contribution in [-0.4, -0.2) is 40.9 Å². The zero-order valence-electron chi connectivity index (χ0n) is 15.6. The average molecular weight is 369 g/mol. The van der Waals surface area contributed by atoms with E-state index in [1.54, 1.807) is 20.3 Å². The van der Waals surface area contributed by atoms with Gasteiger partial charge in [0, 0.05) is 42.8 Å². The number of ketones is 1. The molecule has 0 unspecified atom stereocenters. The predicted molar refractivity (Wildman–Crippen MR) is 99.9 cm³/mol. The second-order valence-electron chi connectivity index (χ2n) is 6.48. The Morgan fingerprint density at radius 1 is 0.852 bits per heavy atom. The summed E-state index contributed by atoms with van der Waals surface area (Å²) in [5, 5.41) is 11.9. The van der Waals surface area contributed by atoms with E-state index in [2.05, 4.69) is 15.1 Å². The number of pyridine rings is 2. The Kier molecular flexibility index (Phi) is 6.01. The lowest BCUT2D eigenvalue weighted by Crippen LogP contribution is -2.15. The topological polar surface area (TPSA) is 93.9 Å². The van der Waals surface area contributed by atoms with Gasteiger partial charge in [0.2, 0.25) is 11.8 Å². The summed E-state index contributed by atoms with van der Waals surface area (Å²) in [6, 6.07) is 7.54. The van der Waals surface area contributed by atoms with Crippen molar-refractivity contribution in [2.45, 2.75) is 38.5 Å². The standard InChI is InChI=1S/C10H12N2O2.C10H11NO2/c1-14-10-5-2-7-6-8(12-13)3-4-9(7)11-10;1-13-10-5-2-7-6-8(12)3-4-9(7)11-10/h2,5,13H,3-4,6H2,1H3;2,5H,3-4,6H2,1H3. The smallest absolute Gasteiger partial charge is 0.213 e. The quantitative estimate of drug-likeness (QED) is 0.646. The van der Waals surface area contributed by atoms with E-state index in [0.29, 0.717) is 36.8 Å². The molecule has 2 heterocycles. The molecular formula is C20H23N3O4. The van der Waals surface area contributed by atoms with Crippen molar-refractivity contribution in [1.82, 2.24) is 9.97 Å². The number of fused-ring (bicyclic) bond motifs is 2. The summed E-state index contributed by atoms with van der Waals surface area (Å²) < 4.78 is 10.1. The third kappa shape index (κ3) is 4.61. The highest BCUT2D eigenvalue weighted by Crippen LogP contribution is 2.21. The van der Waals surface area contributed by atoms with E-state index in [1.165, 1.54) is 0 Å². The molecule has 0 aliphatic heterocycles. The van der Waals surface area contributed by atoms with E-state index in [0.717, 1.165) is 47.5 Å². The van der Waals surface area contributed by atoms with Crippen molar-refractivity contribution in [1.29, 1.82) is 0 Å². The first-order valence-electron chi connectivity index (χ1n) is 8.90. The third-order valence-electron chi connectivity index (χ3n) is 4.72. The fourth-order valence-electron chi connectivity index (χ4n) is 3.22. The molecule has 0 bridgehead atoms. The molecule has 2 aromatic heterocycles. The molecule has 0 saturated carbocycles. The van der Waals surface area contributed by atoms with Gasteiger partial charge in [0.25, 0.3) is 0 Å². The summed E-state index contributed by atoms with van der Waals surface area (Å²) >= 11 is 0. The summed E-state index contributed by atoms with van der Waals surface area (Å²) in [7, 11) is 3.21. The predicted octanol–water partition coefficient (Wildman–Crippen LogP) is 2.56. The van der Waals surface area contributed by atoms with Crippen LogP contribution in [-0.2, 0) is 30.5 Å². The van der Waals surface area contributed by atoms with Gasteiger partial charge in [-0.2, -0.15) is 0 Å². The number of ether oxygens (including phenoxy) is 2. The molecule has 0 saturated heterocycles. The van der Waals surface area contributed by atoms with Crippen LogP contribution in [0.25, 0.3) is 0 Å². The van der Waals surface area contributed by atoms with Crippen LogP contribution in [0, 0.1) is 0 Å². The van der Waals surface area contributed by atoms with Crippen LogP contribution in [0.3, 0.4) is 0 Å². The second kappa shape index (κ2) is 8.62. The largest absolute Gasteiger partial charge is 0.481 e. The maximum Gasteiger partial charge on any atom is 0.213 e. The van der Waals surface area contributed by atoms with Crippen molar-refractivity contribution in [2.75, 3.05) is 14.2 Å². The van der Waals surface area contributed by atoms with Crippen LogP contribution in [0.1, 0.15) is 35.4 Å². The highest BCUT2D eigenvalue weighted by atomic mass is 16.5. The molecule has 27 heavy (non-hydrogen) atoms. The van der Waals surface area contributed by atoms with Gasteiger partial charge in [0.05, 0.1) is 19.9 Å². The van der Waals surface area contributed by atoms with Gasteiger partial charge >= 0.3 is 0 Å². The molecule has 1 N–H and O–H groups in total. The van der Waals surface area contributed by atoms with Gasteiger partial charge < -0.3 is 14.7 Å². The van der Waals surface area contributed by atoms with E-state index >= 15 is 0 Å². The van der Waals surface area contributed by atoms with Crippen molar-refractivity contribution in [3.8, 4) is 11.8 Å². The summed E-state index contributed by atoms with van der Waals surface area (Å²) in [5.74, 6) is 1.58. The first-order chi connectivity index (χ1) is 13.1. The first-order valence-corrected chi connectivity index (χ1v) is 8.90. The maximum absolute atomic E-state index is 11.1. The zero-order chi connectivity index (χ0) is 19.2. The number of carbonyl (C=O) groups excluding carboxylic acids is 1. The second-order valence-corrected chi connectivity index (χ2v) is 6.48. The van der Waals surface area contributed by atoms with Gasteiger partial charge in [0.1, 0.15) is 5.78 Å². The van der Waals surface area contributed by atoms with Crippen molar-refractivity contribution < 1.29 is 19.5 Å². The Balaban J connectivity index is 0.000000156. The third-order valence-corrected chi connectivity index (χ3v) is 4.72. The molecular weight excluding hydrogens is 346 g/mol. The molecule has 142 valence electrons. The van der Waals surface area contributed by atoms with Gasteiger partial charge in [-0.05, 0) is 30.4 Å². The van der Waals surface area contributed by atoms with Crippen molar-refractivity contribution in [3.05, 3.63) is 46.8 Å². The molecule has 0 atom stereocenters. The van der Waals surface area contributed by atoms with Gasteiger partial charge in [-0.1, -0.05) is 17.3 Å². The zero-order valence-corrected chi connectivity index (χ0v) is 15.6. The molecule has 2 aliphatic carbocycles. The summed E-state index contributed by atoms with van der Waals surface area (Å²) in [6.07, 6.45) is 4.21. The molecule has 0 spiro atoms. The van der Waals surface area contributed by atoms with Crippen molar-refractivity contribution >= 4 is 11.5 Å². The molecule has 2 aliphatic rings. The lowest BCUT2D eigenvalue weighted by Gasteiger charge is -2.15. The summed E-state index contributed by atoms with van der Waals surface area (Å²) in [5.41, 5.74) is 5.07. The van der Waals surface area contributed by atoms with Gasteiger partial charge in [-0.3, -0.25) is 4.79 Å². The molecule has 0 amide bonds. The average Bonchev–Trinajstić information content (AvgIpc) is 2.73. The van der Waals surface area contributed by atoms with Crippen LogP contribution in [0.4, 0.5) is 0 Å². The molecule has 7 nitrogen and oxygen atoms in total. The molecule has 0 fully saturated rings. The van der Waals surface area contributed by atoms with Crippen LogP contribution < -0.4 is 9.47 Å². The molecule has 0 aromatic carbocycles. The Hall–Kier alpha value is -2.96. The first kappa shape index (κ1) is 18.8. The summed E-state index contributed by atoms with van der Waals surface area (Å²) in [6.45, 7) is 0. The highest BCUT2D eigenvalue weighted by Gasteiger charge is 2.17. The minimum Gasteiger partial charge on any atom is -0.481 e. The number of methoxy groups -OCH3 is 2. The number of hydrogen-bond acceptors (Lipinski definition) is 7. The molecule has 2 aromatic rings. The number of aromatic nitrogens is 2. The van der Waals surface area contributed by atoms with E-state index < -0.39 is 0 Å². The molecule has 0 radical (unpaired) electrons. The Morgan fingerprint density at radius 2 is 1.41 bits per heavy atom. The van der Waals surface area contributed by atoms with Crippen LogP contribution in [0.5, 0.6) is 11.8 Å². The van der Waals surface area contributed by atoms with Crippen LogP contribution >= 0.6 is 0 Å². The fraction of sp³-hybridized carbons (Fsp3) is 0.400. The lowest BCUT2D eigenvalue weighted by atomic mass is 9.94. The van der Waals surface area contributed by atoms with E-state index in [-0.39, 0.29) is 0 Å². The normalized spacial score (nSPS) is 16.7. The number of rotatable bonds is 2. The van der Waals surface area contributed by atoms with Crippen LogP contribution in [0.15, 0.2) is 29.4 Å². The van der Waals surface area contributed by atoms with Crippen LogP contribution in [0.2, 0.25) is 0 Å². The number of carbonyl (C=O) groups is 1. The number of aryl methyl sites for hydroxylation is 2. The van der Waals surface area contributed by atoms with Crippen molar-refractivity contribution in [2.24, 2.45) is 5.16 Å². The lowest BCUT2D eigenvalue weighted by molar-refractivity contribution is -0.118. The maximum atomic E-state index is 11.1. The minimum atomic E-state index is 0.305. The van der Waals surface area contributed by atoms with E-state index in [4.69, 9.17) is 14.7 Å². The SMILES string of the molecule is COc1ccc2c(n1)CCC(=NO)C2.COc1ccc2c(n1)CCC(=O)C2. The van der Waals surface area contributed by atoms with Gasteiger partial charge in [-0.15, -0.1) is 0 Å². The van der Waals surface area contributed by atoms with Gasteiger partial charge in [0.15, 0.2) is 0 Å². The monoisotopic (exact) mass is 369 g/mol. The Labute approximate surface area is 158 Å². The molecule has 4 rings (SSSR count). The molecule has 7 heteroatoms. The summed E-state index contributed by atoms with van der Waals surface area (Å²) in [4.78, 5) is 19.8. The Bertz CT molecular complexity index is 864. The minimum absolute atomic E-state index is 0.305. The highest BCUT2D eigenvalue weighted by molar-refractivity contribution is 5.87. The van der Waals surface area contributed by atoms with E-state index in [9.17, 15) is 4.79 Å². The number of nitrogens with zero attached hydrogens (tertiary/aromatic N) is 3. The van der Waals surface area contributed by atoms with Gasteiger partial charge in [-0.25, -0.2) is 9.97 Å². The number of oxime groups is 1. The van der Waals surface area contributed by atoms with Crippen molar-refractivity contribution in [3.63, 3.8) is 0 Å². The number of Topliss-reactive ketones (excluding diaryl/α,β-unsaturated/α-hetero) is 1. The fourth-order valence-corrected chi connectivity index (χ4v) is 3.22. The van der Waals surface area contributed by atoms with E-state index in [1.807, 2.05) is 18.2 Å².